The minimum absolute atomic E-state index is 0. The van der Waals surface area contributed by atoms with E-state index in [9.17, 15) is 19.8 Å². The molecular weight excluding hydrogens is 1380 g/mol. The molecule has 0 amide bonds. The van der Waals surface area contributed by atoms with E-state index in [0.29, 0.717) is 0 Å². The Labute approximate surface area is 651 Å². The van der Waals surface area contributed by atoms with Gasteiger partial charge in [-0.15, -0.1) is 0 Å². The summed E-state index contributed by atoms with van der Waals surface area (Å²) >= 11 is 0. The van der Waals surface area contributed by atoms with Crippen LogP contribution < -0.4 is 69.3 Å². The molecule has 36 heteroatoms. The van der Waals surface area contributed by atoms with Gasteiger partial charge in [-0.3, -0.25) is 0 Å². The maximum absolute atomic E-state index is 10.2. The summed E-state index contributed by atoms with van der Waals surface area (Å²) in [4.78, 5) is 20.4. The van der Waals surface area contributed by atoms with Crippen LogP contribution in [0.15, 0.2) is 24.3 Å². The van der Waals surface area contributed by atoms with Crippen molar-refractivity contribution in [2.45, 2.75) is 255 Å². The number of unbranched alkanes of at least 4 members (excludes halogenated alkanes) is 22. The number of carboxylic acid groups (broad SMARTS) is 2. The summed E-state index contributed by atoms with van der Waals surface area (Å²) in [7, 11) is 0. The standard InChI is InChI=1S/2C18H34O2.10C3H8O3.2Na/c2*1-2-3-4-5-6-7-8-9-10-11-12-13-14-15-16-17-18(19)20;10*4-1-3(6)2-5;;/h2*9-10H,2-8,11-17H2,1H3,(H,19,20);10*3-6H,1-2H2;;/q;;;;;;;;;;;;2*+1/p-2/b2*10-9-;;;;;;;;;;;;. The molecule has 0 aromatic carbocycles. The molecule has 0 aliphatic rings. The van der Waals surface area contributed by atoms with Gasteiger partial charge in [-0.2, -0.15) is 0 Å². The van der Waals surface area contributed by atoms with Crippen molar-refractivity contribution in [2.24, 2.45) is 0 Å². The summed E-state index contributed by atoms with van der Waals surface area (Å²) in [6, 6.07) is 0. The van der Waals surface area contributed by atoms with Crippen molar-refractivity contribution >= 4 is 11.9 Å². The SMILES string of the molecule is CCCCCCCC/C=C\CCCCCCCC(=O)[O-].CCCCCCCC/C=C\CCCCCCCC(=O)[O-].OCC(O)CO.OCC(O)CO.OCC(O)CO.OCC(O)CO.OCC(O)CO.OCC(O)CO.OCC(O)CO.OCC(O)CO.OCC(O)CO.OCC(O)CO.[Na+].[Na+]. The zero-order chi connectivity index (χ0) is 79.7. The smallest absolute Gasteiger partial charge is 0.550 e. The summed E-state index contributed by atoms with van der Waals surface area (Å²) in [5.74, 6) is -1.83. The van der Waals surface area contributed by atoms with Crippen LogP contribution in [-0.4, -0.2) is 358 Å². The normalized spacial score (nSPS) is 10.3. The van der Waals surface area contributed by atoms with Crippen LogP contribution in [0.1, 0.15) is 194 Å². The van der Waals surface area contributed by atoms with E-state index in [1.165, 1.54) is 128 Å². The van der Waals surface area contributed by atoms with E-state index in [1.807, 2.05) is 0 Å². The summed E-state index contributed by atoms with van der Waals surface area (Å²) in [6.45, 7) is -2.78. The van der Waals surface area contributed by atoms with Crippen molar-refractivity contribution in [2.75, 3.05) is 132 Å². The van der Waals surface area contributed by atoms with Gasteiger partial charge in [-0.25, -0.2) is 0 Å². The summed E-state index contributed by atoms with van der Waals surface area (Å²) in [6.07, 6.45) is 32.3. The Kier molecular flexibility index (Phi) is 170. The molecule has 0 aromatic heterocycles. The van der Waals surface area contributed by atoms with Gasteiger partial charge in [-0.1, -0.05) is 141 Å². The topological polar surface area (TPSA) is 687 Å². The van der Waals surface area contributed by atoms with Crippen LogP contribution >= 0.6 is 0 Å². The van der Waals surface area contributed by atoms with Crippen molar-refractivity contribution < 1.29 is 232 Å². The first-order valence-corrected chi connectivity index (χ1v) is 34.3. The number of carbonyl (C=O) groups excluding carboxylic acids is 2. The van der Waals surface area contributed by atoms with Gasteiger partial charge < -0.3 is 173 Å². The average molecular weight is 1530 g/mol. The Bertz CT molecular complexity index is 1160. The average Bonchev–Trinajstić information content (AvgIpc) is 3.83. The van der Waals surface area contributed by atoms with Crippen molar-refractivity contribution in [3.63, 3.8) is 0 Å². The number of aliphatic carboxylic acids is 2. The molecule has 102 heavy (non-hydrogen) atoms. The molecule has 34 nitrogen and oxygen atoms in total. The van der Waals surface area contributed by atoms with Gasteiger partial charge >= 0.3 is 59.1 Å². The molecule has 30 N–H and O–H groups in total. The van der Waals surface area contributed by atoms with Gasteiger partial charge in [0.2, 0.25) is 0 Å². The van der Waals surface area contributed by atoms with Gasteiger partial charge in [0.1, 0.15) is 61.0 Å². The molecule has 616 valence electrons. The second kappa shape index (κ2) is 130. The molecule has 0 heterocycles. The van der Waals surface area contributed by atoms with Gasteiger partial charge in [-0.05, 0) is 77.0 Å². The molecule has 0 radical (unpaired) electrons. The predicted molar refractivity (Wildman–Crippen MR) is 371 cm³/mol. The summed E-state index contributed by atoms with van der Waals surface area (Å²) in [5, 5.41) is 261. The van der Waals surface area contributed by atoms with Gasteiger partial charge in [0.25, 0.3) is 0 Å². The Morgan fingerprint density at radius 2 is 0.324 bits per heavy atom. The van der Waals surface area contributed by atoms with Crippen molar-refractivity contribution in [3.05, 3.63) is 24.3 Å². The van der Waals surface area contributed by atoms with Crippen LogP contribution in [0.25, 0.3) is 0 Å². The Morgan fingerprint density at radius 1 is 0.216 bits per heavy atom. The zero-order valence-corrected chi connectivity index (χ0v) is 66.1. The number of aliphatic hydroxyl groups is 30. The molecule has 0 aliphatic heterocycles. The summed E-state index contributed by atoms with van der Waals surface area (Å²) in [5.41, 5.74) is 0. The Hall–Kier alpha value is -0.780. The third-order valence-corrected chi connectivity index (χ3v) is 11.5. The molecule has 0 aliphatic carbocycles. The van der Waals surface area contributed by atoms with E-state index in [2.05, 4.69) is 38.2 Å². The maximum atomic E-state index is 10.2. The third kappa shape index (κ3) is 179. The molecule has 0 aromatic rings. The fourth-order valence-electron chi connectivity index (χ4n) is 5.26. The van der Waals surface area contributed by atoms with Crippen LogP contribution in [0.2, 0.25) is 0 Å². The second-order valence-corrected chi connectivity index (χ2v) is 21.6. The first kappa shape index (κ1) is 134. The van der Waals surface area contributed by atoms with E-state index in [-0.39, 0.29) is 204 Å². The number of hydrogen-bond donors (Lipinski definition) is 30. The summed E-state index contributed by atoms with van der Waals surface area (Å²) < 4.78 is 0. The van der Waals surface area contributed by atoms with Crippen LogP contribution in [0.3, 0.4) is 0 Å². The van der Waals surface area contributed by atoms with E-state index >= 15 is 0 Å². The number of hydrogen-bond acceptors (Lipinski definition) is 34. The van der Waals surface area contributed by atoms with E-state index in [1.54, 1.807) is 0 Å². The molecule has 0 rings (SSSR count). The van der Waals surface area contributed by atoms with Crippen LogP contribution in [0.5, 0.6) is 0 Å². The molecule has 0 bridgehead atoms. The minimum atomic E-state index is -0.954. The van der Waals surface area contributed by atoms with Crippen LogP contribution in [-0.2, 0) is 9.59 Å². The first-order chi connectivity index (χ1) is 47.6. The molecule has 0 saturated carbocycles. The monoisotopic (exact) mass is 1530 g/mol. The van der Waals surface area contributed by atoms with E-state index in [0.717, 1.165) is 38.5 Å². The van der Waals surface area contributed by atoms with Gasteiger partial charge in [0.15, 0.2) is 0 Å². The number of rotatable bonds is 50. The number of allylic oxidation sites excluding steroid dienone is 4. The van der Waals surface area contributed by atoms with Crippen LogP contribution in [0.4, 0.5) is 0 Å². The number of carbonyl (C=O) groups is 2. The molecular formula is C66H146Na2O34. The van der Waals surface area contributed by atoms with Crippen molar-refractivity contribution in [1.29, 1.82) is 0 Å². The molecule has 0 atom stereocenters. The number of carboxylic acids is 2. The quantitative estimate of drug-likeness (QED) is 0.0153. The fraction of sp³-hybridized carbons (Fsp3) is 0.909. The Morgan fingerprint density at radius 3 is 0.422 bits per heavy atom. The Balaban J connectivity index is -0.0000000722. The largest absolute Gasteiger partial charge is 1.00 e. The first-order valence-electron chi connectivity index (χ1n) is 34.3. The second-order valence-electron chi connectivity index (χ2n) is 21.6. The van der Waals surface area contributed by atoms with Crippen molar-refractivity contribution in [1.82, 2.24) is 0 Å². The van der Waals surface area contributed by atoms with E-state index in [4.69, 9.17) is 153 Å². The van der Waals surface area contributed by atoms with E-state index < -0.39 is 73.0 Å². The zero-order valence-electron chi connectivity index (χ0n) is 62.1. The molecule has 0 unspecified atom stereocenters. The molecule has 0 spiro atoms. The molecule has 0 fully saturated rings. The van der Waals surface area contributed by atoms with Crippen LogP contribution in [0, 0.1) is 0 Å². The van der Waals surface area contributed by atoms with Gasteiger partial charge in [0, 0.05) is 11.9 Å². The maximum Gasteiger partial charge on any atom is 1.00 e. The van der Waals surface area contributed by atoms with Gasteiger partial charge in [0.05, 0.1) is 132 Å². The van der Waals surface area contributed by atoms with Crippen molar-refractivity contribution in [3.8, 4) is 0 Å². The number of aliphatic hydroxyl groups excluding tert-OH is 30. The fourth-order valence-corrected chi connectivity index (χ4v) is 5.26. The minimum Gasteiger partial charge on any atom is -0.550 e. The molecule has 0 saturated heterocycles. The predicted octanol–water partition coefficient (Wildman–Crippen LogP) is -13.1. The third-order valence-electron chi connectivity index (χ3n) is 11.5.